The van der Waals surface area contributed by atoms with Crippen LogP contribution in [0.1, 0.15) is 29.3 Å². The van der Waals surface area contributed by atoms with E-state index in [1.807, 2.05) is 30.0 Å². The smallest absolute Gasteiger partial charge is 0.253 e. The summed E-state index contributed by atoms with van der Waals surface area (Å²) in [6.07, 6.45) is 2.02. The molecule has 31 heavy (non-hydrogen) atoms. The van der Waals surface area contributed by atoms with Crippen molar-refractivity contribution < 1.29 is 9.53 Å². The average molecular weight is 448 g/mol. The third-order valence-electron chi connectivity index (χ3n) is 5.93. The molecule has 1 unspecified atom stereocenters. The van der Waals surface area contributed by atoms with Crippen molar-refractivity contribution in [2.24, 2.45) is 4.99 Å². The molecule has 2 aliphatic heterocycles. The molecule has 2 fully saturated rings. The lowest BCUT2D eigenvalue weighted by Gasteiger charge is -2.42. The normalized spacial score (nSPS) is 22.4. The van der Waals surface area contributed by atoms with E-state index in [9.17, 15) is 4.79 Å². The Bertz CT molecular complexity index is 743. The largest absolute Gasteiger partial charge is 0.379 e. The van der Waals surface area contributed by atoms with Gasteiger partial charge < -0.3 is 20.3 Å². The van der Waals surface area contributed by atoms with Gasteiger partial charge in [0.05, 0.1) is 25.3 Å². The lowest BCUT2D eigenvalue weighted by atomic mass is 9.96. The van der Waals surface area contributed by atoms with Crippen LogP contribution in [0, 0.1) is 0 Å². The molecule has 1 amide bonds. The molecule has 0 spiro atoms. The van der Waals surface area contributed by atoms with E-state index < -0.39 is 0 Å². The number of benzene rings is 1. The van der Waals surface area contributed by atoms with E-state index in [2.05, 4.69) is 28.5 Å². The average Bonchev–Trinajstić information content (AvgIpc) is 3.28. The van der Waals surface area contributed by atoms with Gasteiger partial charge in [-0.3, -0.25) is 14.7 Å². The summed E-state index contributed by atoms with van der Waals surface area (Å²) in [6, 6.07) is 7.88. The number of carbonyl (C=O) groups is 1. The first-order chi connectivity index (χ1) is 15.0. The summed E-state index contributed by atoms with van der Waals surface area (Å²) in [5, 5.41) is 6.86. The topological polar surface area (TPSA) is 69.2 Å². The van der Waals surface area contributed by atoms with E-state index in [0.717, 1.165) is 75.2 Å². The Balaban J connectivity index is 1.58. The molecule has 2 N–H and O–H groups in total. The van der Waals surface area contributed by atoms with E-state index in [0.29, 0.717) is 0 Å². The second-order valence-corrected chi connectivity index (χ2v) is 9.50. The van der Waals surface area contributed by atoms with Crippen LogP contribution in [0.2, 0.25) is 0 Å². The SMILES string of the molecule is CCNC(=NCC1(N2CCOCC2)CCSC1)NCCc1cccc(C(=O)N(C)C)c1. The Morgan fingerprint density at radius 1 is 1.29 bits per heavy atom. The first kappa shape index (κ1) is 23.9. The maximum Gasteiger partial charge on any atom is 0.253 e. The molecule has 172 valence electrons. The molecule has 0 aliphatic carbocycles. The van der Waals surface area contributed by atoms with Gasteiger partial charge in [0.2, 0.25) is 0 Å². The summed E-state index contributed by atoms with van der Waals surface area (Å²) in [4.78, 5) is 21.4. The van der Waals surface area contributed by atoms with Crippen molar-refractivity contribution in [3.05, 3.63) is 35.4 Å². The van der Waals surface area contributed by atoms with E-state index >= 15 is 0 Å². The van der Waals surface area contributed by atoms with Gasteiger partial charge in [-0.05, 0) is 43.2 Å². The number of morpholine rings is 1. The number of carbonyl (C=O) groups excluding carboxylic acids is 1. The monoisotopic (exact) mass is 447 g/mol. The lowest BCUT2D eigenvalue weighted by Crippen LogP contribution is -2.56. The van der Waals surface area contributed by atoms with Crippen LogP contribution >= 0.6 is 11.8 Å². The van der Waals surface area contributed by atoms with E-state index in [1.54, 1.807) is 19.0 Å². The minimum Gasteiger partial charge on any atom is -0.379 e. The fraction of sp³-hybridized carbons (Fsp3) is 0.652. The summed E-state index contributed by atoms with van der Waals surface area (Å²) < 4.78 is 5.57. The van der Waals surface area contributed by atoms with Gasteiger partial charge in [-0.15, -0.1) is 0 Å². The molecular weight excluding hydrogens is 410 g/mol. The van der Waals surface area contributed by atoms with Crippen LogP contribution < -0.4 is 10.6 Å². The molecule has 2 heterocycles. The van der Waals surface area contributed by atoms with E-state index in [1.165, 1.54) is 12.2 Å². The predicted molar refractivity (Wildman–Crippen MR) is 129 cm³/mol. The highest BCUT2D eigenvalue weighted by Crippen LogP contribution is 2.34. The zero-order valence-corrected chi connectivity index (χ0v) is 20.0. The lowest BCUT2D eigenvalue weighted by molar-refractivity contribution is -0.0104. The summed E-state index contributed by atoms with van der Waals surface area (Å²) in [6.45, 7) is 8.15. The first-order valence-electron chi connectivity index (χ1n) is 11.3. The third kappa shape index (κ3) is 6.60. The van der Waals surface area contributed by atoms with Gasteiger partial charge in [0.1, 0.15) is 0 Å². The second-order valence-electron chi connectivity index (χ2n) is 8.40. The zero-order valence-electron chi connectivity index (χ0n) is 19.2. The molecule has 1 atom stereocenters. The van der Waals surface area contributed by atoms with Crippen LogP contribution in [0.5, 0.6) is 0 Å². The van der Waals surface area contributed by atoms with Crippen molar-refractivity contribution in [1.82, 2.24) is 20.4 Å². The highest BCUT2D eigenvalue weighted by Gasteiger charge is 2.40. The van der Waals surface area contributed by atoms with Gasteiger partial charge in [0.25, 0.3) is 5.91 Å². The highest BCUT2D eigenvalue weighted by atomic mass is 32.2. The van der Waals surface area contributed by atoms with Gasteiger partial charge in [-0.25, -0.2) is 0 Å². The Morgan fingerprint density at radius 2 is 2.10 bits per heavy atom. The second kappa shape index (κ2) is 11.7. The Kier molecular flexibility index (Phi) is 9.04. The van der Waals surface area contributed by atoms with E-state index in [-0.39, 0.29) is 11.4 Å². The maximum atomic E-state index is 12.2. The number of nitrogens with zero attached hydrogens (tertiary/aromatic N) is 3. The Hall–Kier alpha value is -1.77. The minimum atomic E-state index is 0.0348. The van der Waals surface area contributed by atoms with Crippen molar-refractivity contribution in [2.45, 2.75) is 25.3 Å². The number of guanidine groups is 1. The van der Waals surface area contributed by atoms with Gasteiger partial charge >= 0.3 is 0 Å². The van der Waals surface area contributed by atoms with Gasteiger partial charge in [-0.1, -0.05) is 12.1 Å². The quantitative estimate of drug-likeness (QED) is 0.467. The molecular formula is C23H37N5O2S. The maximum absolute atomic E-state index is 12.2. The molecule has 7 nitrogen and oxygen atoms in total. The number of rotatable bonds is 8. The van der Waals surface area contributed by atoms with Crippen molar-refractivity contribution in [2.75, 3.05) is 71.5 Å². The zero-order chi connectivity index (χ0) is 22.1. The van der Waals surface area contributed by atoms with Crippen LogP contribution in [0.15, 0.2) is 29.3 Å². The van der Waals surface area contributed by atoms with Gasteiger partial charge in [0.15, 0.2) is 5.96 Å². The fourth-order valence-corrected chi connectivity index (χ4v) is 5.59. The standard InChI is InChI=1S/C23H37N5O2S/c1-4-24-22(25-10-8-19-6-5-7-20(16-19)21(29)27(2)3)26-17-23(9-15-31-18-23)28-11-13-30-14-12-28/h5-7,16H,4,8-15,17-18H2,1-3H3,(H2,24,25,26). The van der Waals surface area contributed by atoms with E-state index in [4.69, 9.17) is 9.73 Å². The highest BCUT2D eigenvalue weighted by molar-refractivity contribution is 7.99. The number of hydrogen-bond donors (Lipinski definition) is 2. The van der Waals surface area contributed by atoms with Crippen molar-refractivity contribution in [3.63, 3.8) is 0 Å². The molecule has 0 radical (unpaired) electrons. The van der Waals surface area contributed by atoms with Crippen LogP contribution in [0.4, 0.5) is 0 Å². The summed E-state index contributed by atoms with van der Waals surface area (Å²) >= 11 is 2.04. The van der Waals surface area contributed by atoms with Crippen LogP contribution in [-0.2, 0) is 11.2 Å². The number of hydrogen-bond acceptors (Lipinski definition) is 5. The van der Waals surface area contributed by atoms with Crippen LogP contribution in [-0.4, -0.2) is 98.7 Å². The summed E-state index contributed by atoms with van der Waals surface area (Å²) in [5.41, 5.74) is 2.03. The Labute approximate surface area is 191 Å². The molecule has 1 aromatic carbocycles. The third-order valence-corrected chi connectivity index (χ3v) is 7.16. The number of aliphatic imine (C=N–C) groups is 1. The van der Waals surface area contributed by atoms with Crippen LogP contribution in [0.25, 0.3) is 0 Å². The molecule has 0 bridgehead atoms. The first-order valence-corrected chi connectivity index (χ1v) is 12.4. The molecule has 1 aromatic rings. The number of amides is 1. The number of ether oxygens (including phenoxy) is 1. The summed E-state index contributed by atoms with van der Waals surface area (Å²) in [5.74, 6) is 3.25. The van der Waals surface area contributed by atoms with Crippen molar-refractivity contribution in [1.29, 1.82) is 0 Å². The molecule has 2 aliphatic rings. The summed E-state index contributed by atoms with van der Waals surface area (Å²) in [7, 11) is 3.56. The molecule has 2 saturated heterocycles. The number of thioether (sulfide) groups is 1. The Morgan fingerprint density at radius 3 is 2.77 bits per heavy atom. The van der Waals surface area contributed by atoms with Crippen LogP contribution in [0.3, 0.4) is 0 Å². The fourth-order valence-electron chi connectivity index (χ4n) is 4.12. The number of nitrogens with one attached hydrogen (secondary N) is 2. The predicted octanol–water partition coefficient (Wildman–Crippen LogP) is 1.69. The molecule has 0 saturated carbocycles. The van der Waals surface area contributed by atoms with Crippen molar-refractivity contribution >= 4 is 23.6 Å². The molecule has 8 heteroatoms. The molecule has 3 rings (SSSR count). The van der Waals surface area contributed by atoms with Gasteiger partial charge in [0, 0.05) is 51.6 Å². The minimum absolute atomic E-state index is 0.0348. The van der Waals surface area contributed by atoms with Crippen molar-refractivity contribution in [3.8, 4) is 0 Å². The van der Waals surface area contributed by atoms with Gasteiger partial charge in [-0.2, -0.15) is 11.8 Å². The molecule has 0 aromatic heterocycles.